The van der Waals surface area contributed by atoms with E-state index in [9.17, 15) is 0 Å². The van der Waals surface area contributed by atoms with Gasteiger partial charge in [0.05, 0.1) is 0 Å². The third-order valence-electron chi connectivity index (χ3n) is 5.93. The number of benzene rings is 3. The molecule has 0 fully saturated rings. The molecular weight excluding hydrogens is 350 g/mol. The van der Waals surface area contributed by atoms with Crippen LogP contribution in [0.2, 0.25) is 0 Å². The predicted octanol–water partition coefficient (Wildman–Crippen LogP) is 6.61. The summed E-state index contributed by atoms with van der Waals surface area (Å²) in [6, 6.07) is 33.1. The number of unbranched alkanes of at least 4 members (excludes halogenated alkanes) is 3. The van der Waals surface area contributed by atoms with E-state index in [0.717, 1.165) is 32.2 Å². The standard InChI is InChI=1S/C28H35N/c29-21-13-2-1-12-20-28(22-25-14-6-3-7-15-25,23-26-16-8-4-9-17-26)24-27-18-10-5-11-19-27/h3-11,14-19H,1-2,12-13,20-24,29H2. The van der Waals surface area contributed by atoms with Gasteiger partial charge in [0.2, 0.25) is 0 Å². The zero-order chi connectivity index (χ0) is 20.2. The molecule has 0 aliphatic heterocycles. The van der Waals surface area contributed by atoms with Crippen LogP contribution in [-0.4, -0.2) is 6.54 Å². The van der Waals surface area contributed by atoms with Crippen molar-refractivity contribution in [1.29, 1.82) is 0 Å². The van der Waals surface area contributed by atoms with E-state index < -0.39 is 0 Å². The van der Waals surface area contributed by atoms with Gasteiger partial charge in [0, 0.05) is 0 Å². The van der Waals surface area contributed by atoms with Gasteiger partial charge in [-0.1, -0.05) is 110 Å². The Morgan fingerprint density at radius 2 is 0.862 bits per heavy atom. The highest BCUT2D eigenvalue weighted by atomic mass is 14.5. The van der Waals surface area contributed by atoms with Gasteiger partial charge in [0.1, 0.15) is 0 Å². The van der Waals surface area contributed by atoms with Crippen molar-refractivity contribution in [3.8, 4) is 0 Å². The molecule has 0 aliphatic carbocycles. The molecule has 29 heavy (non-hydrogen) atoms. The topological polar surface area (TPSA) is 26.0 Å². The number of rotatable bonds is 12. The fourth-order valence-electron chi connectivity index (χ4n) is 4.54. The summed E-state index contributed by atoms with van der Waals surface area (Å²) in [4.78, 5) is 0. The van der Waals surface area contributed by atoms with Crippen molar-refractivity contribution in [2.75, 3.05) is 6.54 Å². The molecule has 152 valence electrons. The molecule has 0 saturated heterocycles. The minimum Gasteiger partial charge on any atom is -0.330 e. The van der Waals surface area contributed by atoms with Crippen LogP contribution in [0.15, 0.2) is 91.0 Å². The summed E-state index contributed by atoms with van der Waals surface area (Å²) in [5.74, 6) is 0. The molecule has 1 heteroatoms. The van der Waals surface area contributed by atoms with Crippen LogP contribution < -0.4 is 5.73 Å². The largest absolute Gasteiger partial charge is 0.330 e. The van der Waals surface area contributed by atoms with Crippen molar-refractivity contribution in [2.24, 2.45) is 11.1 Å². The molecule has 3 aromatic carbocycles. The Balaban J connectivity index is 1.87. The van der Waals surface area contributed by atoms with Gasteiger partial charge in [0.15, 0.2) is 0 Å². The lowest BCUT2D eigenvalue weighted by atomic mass is 9.69. The second-order valence-electron chi connectivity index (χ2n) is 8.44. The number of hydrogen-bond donors (Lipinski definition) is 1. The van der Waals surface area contributed by atoms with Crippen LogP contribution in [-0.2, 0) is 19.3 Å². The van der Waals surface area contributed by atoms with Crippen LogP contribution in [0.1, 0.15) is 48.8 Å². The van der Waals surface area contributed by atoms with Crippen LogP contribution in [0.5, 0.6) is 0 Å². The maximum atomic E-state index is 5.70. The summed E-state index contributed by atoms with van der Waals surface area (Å²) >= 11 is 0. The van der Waals surface area contributed by atoms with E-state index in [1.165, 1.54) is 42.4 Å². The summed E-state index contributed by atoms with van der Waals surface area (Å²) in [6.07, 6.45) is 9.54. The Labute approximate surface area is 177 Å². The fourth-order valence-corrected chi connectivity index (χ4v) is 4.54. The van der Waals surface area contributed by atoms with Crippen LogP contribution in [0.3, 0.4) is 0 Å². The molecule has 3 rings (SSSR count). The highest BCUT2D eigenvalue weighted by Crippen LogP contribution is 2.37. The summed E-state index contributed by atoms with van der Waals surface area (Å²) in [7, 11) is 0. The summed E-state index contributed by atoms with van der Waals surface area (Å²) < 4.78 is 0. The lowest BCUT2D eigenvalue weighted by molar-refractivity contribution is 0.244. The zero-order valence-corrected chi connectivity index (χ0v) is 17.6. The van der Waals surface area contributed by atoms with E-state index in [4.69, 9.17) is 5.73 Å². The van der Waals surface area contributed by atoms with Gasteiger partial charge in [-0.05, 0) is 60.8 Å². The van der Waals surface area contributed by atoms with Crippen LogP contribution >= 0.6 is 0 Å². The first-order valence-electron chi connectivity index (χ1n) is 11.1. The van der Waals surface area contributed by atoms with E-state index in [0.29, 0.717) is 0 Å². The van der Waals surface area contributed by atoms with E-state index in [2.05, 4.69) is 91.0 Å². The predicted molar refractivity (Wildman–Crippen MR) is 125 cm³/mol. The number of hydrogen-bond acceptors (Lipinski definition) is 1. The molecule has 0 saturated carbocycles. The molecule has 0 radical (unpaired) electrons. The molecule has 0 aromatic heterocycles. The van der Waals surface area contributed by atoms with Crippen molar-refractivity contribution < 1.29 is 0 Å². The Morgan fingerprint density at radius 3 is 1.24 bits per heavy atom. The molecule has 0 atom stereocenters. The van der Waals surface area contributed by atoms with Gasteiger partial charge in [-0.25, -0.2) is 0 Å². The van der Waals surface area contributed by atoms with Gasteiger partial charge in [-0.15, -0.1) is 0 Å². The summed E-state index contributed by atoms with van der Waals surface area (Å²) in [5.41, 5.74) is 10.3. The van der Waals surface area contributed by atoms with Crippen LogP contribution in [0.4, 0.5) is 0 Å². The van der Waals surface area contributed by atoms with E-state index in [-0.39, 0.29) is 5.41 Å². The van der Waals surface area contributed by atoms with Gasteiger partial charge < -0.3 is 5.73 Å². The first-order chi connectivity index (χ1) is 14.3. The molecule has 2 N–H and O–H groups in total. The second-order valence-corrected chi connectivity index (χ2v) is 8.44. The molecule has 0 unspecified atom stereocenters. The minimum absolute atomic E-state index is 0.229. The molecule has 0 aliphatic rings. The van der Waals surface area contributed by atoms with Crippen LogP contribution in [0, 0.1) is 5.41 Å². The van der Waals surface area contributed by atoms with Gasteiger partial charge in [-0.2, -0.15) is 0 Å². The third kappa shape index (κ3) is 7.18. The number of nitrogens with two attached hydrogens (primary N) is 1. The fraction of sp³-hybridized carbons (Fsp3) is 0.357. The van der Waals surface area contributed by atoms with Crippen molar-refractivity contribution in [1.82, 2.24) is 0 Å². The van der Waals surface area contributed by atoms with E-state index >= 15 is 0 Å². The monoisotopic (exact) mass is 385 g/mol. The first-order valence-corrected chi connectivity index (χ1v) is 11.1. The zero-order valence-electron chi connectivity index (χ0n) is 17.6. The summed E-state index contributed by atoms with van der Waals surface area (Å²) in [5, 5.41) is 0. The quantitative estimate of drug-likeness (QED) is 0.349. The first kappa shape index (κ1) is 21.3. The molecule has 0 bridgehead atoms. The van der Waals surface area contributed by atoms with E-state index in [1.54, 1.807) is 0 Å². The average Bonchev–Trinajstić information content (AvgIpc) is 2.76. The van der Waals surface area contributed by atoms with Crippen molar-refractivity contribution in [3.05, 3.63) is 108 Å². The molecule has 0 heterocycles. The van der Waals surface area contributed by atoms with Gasteiger partial charge >= 0.3 is 0 Å². The molecule has 3 aromatic rings. The molecule has 1 nitrogen and oxygen atoms in total. The SMILES string of the molecule is NCCCCCCC(Cc1ccccc1)(Cc1ccccc1)Cc1ccccc1. The average molecular weight is 386 g/mol. The Morgan fingerprint density at radius 1 is 0.483 bits per heavy atom. The lowest BCUT2D eigenvalue weighted by Gasteiger charge is -2.35. The third-order valence-corrected chi connectivity index (χ3v) is 5.93. The van der Waals surface area contributed by atoms with Crippen molar-refractivity contribution in [2.45, 2.75) is 51.4 Å². The molecule has 0 amide bonds. The Bertz CT molecular complexity index is 694. The maximum absolute atomic E-state index is 5.70. The highest BCUT2D eigenvalue weighted by Gasteiger charge is 2.30. The molecular formula is C28H35N. The normalized spacial score (nSPS) is 11.5. The molecule has 0 spiro atoms. The van der Waals surface area contributed by atoms with Crippen molar-refractivity contribution >= 4 is 0 Å². The van der Waals surface area contributed by atoms with Crippen molar-refractivity contribution in [3.63, 3.8) is 0 Å². The highest BCUT2D eigenvalue weighted by molar-refractivity contribution is 5.24. The minimum atomic E-state index is 0.229. The summed E-state index contributed by atoms with van der Waals surface area (Å²) in [6.45, 7) is 0.809. The van der Waals surface area contributed by atoms with Gasteiger partial charge in [-0.3, -0.25) is 0 Å². The maximum Gasteiger partial charge on any atom is -0.00773 e. The van der Waals surface area contributed by atoms with Crippen LogP contribution in [0.25, 0.3) is 0 Å². The second kappa shape index (κ2) is 11.6. The Hall–Kier alpha value is -2.38. The Kier molecular flexibility index (Phi) is 8.52. The van der Waals surface area contributed by atoms with Gasteiger partial charge in [0.25, 0.3) is 0 Å². The lowest BCUT2D eigenvalue weighted by Crippen LogP contribution is -2.30. The smallest absolute Gasteiger partial charge is 0.00773 e. The van der Waals surface area contributed by atoms with E-state index in [1.807, 2.05) is 0 Å².